The number of carbonyl (C=O) groups is 1. The smallest absolute Gasteiger partial charge is 0.338 e. The number of carboxylic acid groups (broad SMARTS) is 1. The highest BCUT2D eigenvalue weighted by molar-refractivity contribution is 7.99. The number of thioether (sulfide) groups is 1. The molecule has 0 aliphatic carbocycles. The predicted octanol–water partition coefficient (Wildman–Crippen LogP) is 2.44. The molecule has 0 fully saturated rings. The van der Waals surface area contributed by atoms with Crippen LogP contribution < -0.4 is 0 Å². The second kappa shape index (κ2) is 6.91. The Hall–Kier alpha value is -1.08. The van der Waals surface area contributed by atoms with E-state index in [0.29, 0.717) is 17.1 Å². The van der Waals surface area contributed by atoms with E-state index < -0.39 is 21.6 Å². The number of hydrogen-bond donors (Lipinski definition) is 1. The first-order chi connectivity index (χ1) is 8.85. The minimum atomic E-state index is -2.97. The second-order valence-corrected chi connectivity index (χ2v) is 7.53. The number of rotatable bonds is 7. The summed E-state index contributed by atoms with van der Waals surface area (Å²) >= 11 is 1.32. The Morgan fingerprint density at radius 3 is 2.68 bits per heavy atom. The maximum absolute atomic E-state index is 13.1. The van der Waals surface area contributed by atoms with Crippen molar-refractivity contribution in [3.05, 3.63) is 29.6 Å². The summed E-state index contributed by atoms with van der Waals surface area (Å²) in [6.07, 6.45) is 0.487. The van der Waals surface area contributed by atoms with Gasteiger partial charge in [-0.15, -0.1) is 11.8 Å². The van der Waals surface area contributed by atoms with Gasteiger partial charge in [0.15, 0.2) is 0 Å². The van der Waals surface area contributed by atoms with E-state index in [1.54, 1.807) is 6.92 Å². The number of benzene rings is 1. The zero-order valence-corrected chi connectivity index (χ0v) is 12.1. The molecule has 0 saturated carbocycles. The van der Waals surface area contributed by atoms with Crippen molar-refractivity contribution in [1.29, 1.82) is 0 Å². The minimum absolute atomic E-state index is 0.115. The van der Waals surface area contributed by atoms with E-state index in [0.717, 1.165) is 6.07 Å². The molecule has 19 heavy (non-hydrogen) atoms. The lowest BCUT2D eigenvalue weighted by Crippen LogP contribution is -2.09. The fourth-order valence-corrected chi connectivity index (χ4v) is 3.32. The van der Waals surface area contributed by atoms with Crippen molar-refractivity contribution in [2.24, 2.45) is 0 Å². The molecule has 0 aliphatic heterocycles. The van der Waals surface area contributed by atoms with Gasteiger partial charge in [-0.1, -0.05) is 6.92 Å². The number of aromatic carboxylic acids is 1. The zero-order valence-electron chi connectivity index (χ0n) is 10.4. The highest BCUT2D eigenvalue weighted by Gasteiger charge is 2.11. The maximum atomic E-state index is 13.1. The third-order valence-electron chi connectivity index (χ3n) is 2.48. The van der Waals surface area contributed by atoms with E-state index in [1.807, 2.05) is 0 Å². The van der Waals surface area contributed by atoms with Gasteiger partial charge in [-0.05, 0) is 30.4 Å². The van der Waals surface area contributed by atoms with Gasteiger partial charge in [-0.2, -0.15) is 0 Å². The van der Waals surface area contributed by atoms with Gasteiger partial charge < -0.3 is 5.11 Å². The van der Waals surface area contributed by atoms with E-state index in [2.05, 4.69) is 0 Å². The van der Waals surface area contributed by atoms with Gasteiger partial charge in [0.25, 0.3) is 0 Å². The van der Waals surface area contributed by atoms with Crippen LogP contribution in [0, 0.1) is 5.82 Å². The van der Waals surface area contributed by atoms with Crippen LogP contribution in [0.3, 0.4) is 0 Å². The predicted molar refractivity (Wildman–Crippen MR) is 73.0 cm³/mol. The summed E-state index contributed by atoms with van der Waals surface area (Å²) in [5.74, 6) is -1.30. The molecule has 0 aromatic heterocycles. The Kier molecular flexibility index (Phi) is 5.81. The van der Waals surface area contributed by atoms with Crippen molar-refractivity contribution in [3.8, 4) is 0 Å². The van der Waals surface area contributed by atoms with Gasteiger partial charge in [0.05, 0.1) is 11.3 Å². The van der Waals surface area contributed by atoms with E-state index in [-0.39, 0.29) is 17.1 Å². The lowest BCUT2D eigenvalue weighted by Gasteiger charge is -2.04. The summed E-state index contributed by atoms with van der Waals surface area (Å²) in [5, 5.41) is 8.77. The Bertz CT molecular complexity index is 555. The van der Waals surface area contributed by atoms with Crippen molar-refractivity contribution in [1.82, 2.24) is 0 Å². The third-order valence-corrected chi connectivity index (χ3v) is 5.35. The molecule has 0 aliphatic rings. The Labute approximate surface area is 115 Å². The number of hydrogen-bond acceptors (Lipinski definition) is 4. The van der Waals surface area contributed by atoms with Crippen LogP contribution in [-0.2, 0) is 9.84 Å². The molecule has 0 saturated heterocycles. The van der Waals surface area contributed by atoms with Crippen LogP contribution in [0.5, 0.6) is 0 Å². The van der Waals surface area contributed by atoms with Gasteiger partial charge in [-0.3, -0.25) is 0 Å². The second-order valence-electron chi connectivity index (χ2n) is 3.89. The van der Waals surface area contributed by atoms with Crippen LogP contribution in [-0.4, -0.2) is 36.8 Å². The Balaban J connectivity index is 2.55. The van der Waals surface area contributed by atoms with Gasteiger partial charge in [0.2, 0.25) is 0 Å². The fraction of sp³-hybridized carbons (Fsp3) is 0.417. The molecule has 4 nitrogen and oxygen atoms in total. The summed E-state index contributed by atoms with van der Waals surface area (Å²) in [6, 6.07) is 3.85. The van der Waals surface area contributed by atoms with Crippen LogP contribution in [0.1, 0.15) is 23.7 Å². The zero-order chi connectivity index (χ0) is 14.5. The van der Waals surface area contributed by atoms with Crippen LogP contribution >= 0.6 is 11.8 Å². The quantitative estimate of drug-likeness (QED) is 0.619. The number of carboxylic acids is 1. The van der Waals surface area contributed by atoms with E-state index in [9.17, 15) is 17.6 Å². The summed E-state index contributed by atoms with van der Waals surface area (Å²) in [7, 11) is -2.97. The minimum Gasteiger partial charge on any atom is -0.478 e. The first-order valence-electron chi connectivity index (χ1n) is 5.72. The van der Waals surface area contributed by atoms with Crippen molar-refractivity contribution in [2.75, 3.05) is 17.3 Å². The summed E-state index contributed by atoms with van der Waals surface area (Å²) in [4.78, 5) is 11.4. The first kappa shape index (κ1) is 16.0. The average molecular weight is 306 g/mol. The lowest BCUT2D eigenvalue weighted by molar-refractivity contribution is 0.0691. The van der Waals surface area contributed by atoms with E-state index in [4.69, 9.17) is 5.11 Å². The highest BCUT2D eigenvalue weighted by atomic mass is 32.2. The van der Waals surface area contributed by atoms with Crippen LogP contribution in [0.2, 0.25) is 0 Å². The molecule has 0 spiro atoms. The van der Waals surface area contributed by atoms with Crippen LogP contribution in [0.15, 0.2) is 23.1 Å². The van der Waals surface area contributed by atoms with Gasteiger partial charge >= 0.3 is 5.97 Å². The summed E-state index contributed by atoms with van der Waals surface area (Å²) in [6.45, 7) is 1.60. The normalized spacial score (nSPS) is 11.5. The molecule has 0 amide bonds. The molecule has 0 radical (unpaired) electrons. The van der Waals surface area contributed by atoms with Crippen molar-refractivity contribution in [3.63, 3.8) is 0 Å². The molecular weight excluding hydrogens is 291 g/mol. The van der Waals surface area contributed by atoms with E-state index in [1.165, 1.54) is 23.9 Å². The van der Waals surface area contributed by atoms with Crippen LogP contribution in [0.25, 0.3) is 0 Å². The first-order valence-corrected chi connectivity index (χ1v) is 8.52. The molecule has 1 rings (SSSR count). The third kappa shape index (κ3) is 5.20. The fourth-order valence-electron chi connectivity index (χ4n) is 1.37. The molecule has 1 aromatic rings. The van der Waals surface area contributed by atoms with Gasteiger partial charge in [-0.25, -0.2) is 17.6 Å². The SMILES string of the molecule is CCS(=O)(=O)CCCSc1ccc(F)c(C(=O)O)c1. The Morgan fingerprint density at radius 1 is 1.42 bits per heavy atom. The standard InChI is InChI=1S/C12H15FO4S2/c1-2-19(16,17)7-3-6-18-9-4-5-11(13)10(8-9)12(14)15/h4-5,8H,2-3,6-7H2,1H3,(H,14,15). The topological polar surface area (TPSA) is 71.4 Å². The van der Waals surface area contributed by atoms with Gasteiger partial charge in [0.1, 0.15) is 15.7 Å². The van der Waals surface area contributed by atoms with E-state index >= 15 is 0 Å². The van der Waals surface area contributed by atoms with Gasteiger partial charge in [0, 0.05) is 10.6 Å². The summed E-state index contributed by atoms with van der Waals surface area (Å²) < 4.78 is 35.7. The van der Waals surface area contributed by atoms with Crippen molar-refractivity contribution >= 4 is 27.6 Å². The summed E-state index contributed by atoms with van der Waals surface area (Å²) in [5.41, 5.74) is -0.369. The molecule has 0 heterocycles. The molecule has 1 aromatic carbocycles. The van der Waals surface area contributed by atoms with Crippen molar-refractivity contribution in [2.45, 2.75) is 18.2 Å². The number of halogens is 1. The molecule has 1 N–H and O–H groups in total. The van der Waals surface area contributed by atoms with Crippen LogP contribution in [0.4, 0.5) is 4.39 Å². The molecule has 0 atom stereocenters. The highest BCUT2D eigenvalue weighted by Crippen LogP contribution is 2.22. The molecule has 106 valence electrons. The Morgan fingerprint density at radius 2 is 2.11 bits per heavy atom. The molecule has 0 unspecified atom stereocenters. The van der Waals surface area contributed by atoms with Crippen molar-refractivity contribution < 1.29 is 22.7 Å². The molecular formula is C12H15FO4S2. The average Bonchev–Trinajstić information content (AvgIpc) is 2.36. The monoisotopic (exact) mass is 306 g/mol. The molecule has 0 bridgehead atoms. The lowest BCUT2D eigenvalue weighted by atomic mass is 10.2. The largest absolute Gasteiger partial charge is 0.478 e. The maximum Gasteiger partial charge on any atom is 0.338 e. The molecule has 7 heteroatoms. The number of sulfone groups is 1.